The highest BCUT2D eigenvalue weighted by atomic mass is 19.4. The third kappa shape index (κ3) is 14.8. The molecule has 25 heteroatoms. The van der Waals surface area contributed by atoms with Crippen molar-refractivity contribution in [2.75, 3.05) is 37.7 Å². The predicted octanol–water partition coefficient (Wildman–Crippen LogP) is 9.09. The summed E-state index contributed by atoms with van der Waals surface area (Å²) >= 11 is 0. The minimum absolute atomic E-state index is 0.0825. The van der Waals surface area contributed by atoms with Crippen molar-refractivity contribution in [3.63, 3.8) is 0 Å². The topological polar surface area (TPSA) is 181 Å². The number of ether oxygens (including phenoxy) is 3. The molecule has 2 amide bonds. The lowest BCUT2D eigenvalue weighted by Gasteiger charge is -2.47. The first kappa shape index (κ1) is 61.8. The second kappa shape index (κ2) is 25.1. The maximum atomic E-state index is 16.2. The zero-order chi connectivity index (χ0) is 60.5. The Bertz CT molecular complexity index is 3050. The molecule has 2 unspecified atom stereocenters. The number of amides is 2. The SMILES string of the molecule is CC(C)([C@H](CC(=O)OC1CC1)C(=O)NN(Cc1ccc(-c2cnn(C(F)F)c2)cc1F)C[C@H](O)[C@@H](CC(=O)[C@@H](NC(=O)OC1CC1)C(C)(C)C(F)(F)F)Cc1ccc(C#Cc2ccc(N3CC4CCC(C3)N4C3COC3)nc2)cc1)C(F)(F)F. The third-order valence-electron chi connectivity index (χ3n) is 16.6. The number of aliphatic hydroxyl groups is 1. The van der Waals surface area contributed by atoms with Crippen molar-refractivity contribution >= 4 is 29.6 Å². The first-order valence-electron chi connectivity index (χ1n) is 28.0. The molecular weight excluding hydrogens is 1120 g/mol. The van der Waals surface area contributed by atoms with Gasteiger partial charge in [-0.2, -0.15) is 40.2 Å². The second-order valence-corrected chi connectivity index (χ2v) is 23.7. The number of ketones is 1. The molecule has 3 aliphatic heterocycles. The van der Waals surface area contributed by atoms with E-state index >= 15 is 4.39 Å². The van der Waals surface area contributed by atoms with Crippen molar-refractivity contribution in [2.24, 2.45) is 22.7 Å². The van der Waals surface area contributed by atoms with E-state index in [9.17, 15) is 59.4 Å². The van der Waals surface area contributed by atoms with E-state index in [0.29, 0.717) is 92.9 Å². The number of Topliss-reactive ketones (excluding diaryl/α,β-unsaturated/α-hetero) is 1. The zero-order valence-corrected chi connectivity index (χ0v) is 46.7. The van der Waals surface area contributed by atoms with Gasteiger partial charge >= 0.3 is 31.0 Å². The number of anilines is 1. The van der Waals surface area contributed by atoms with Crippen LogP contribution in [0, 0.1) is 40.3 Å². The molecule has 2 aliphatic carbocycles. The van der Waals surface area contributed by atoms with Gasteiger partial charge < -0.3 is 29.5 Å². The number of pyridine rings is 1. The fraction of sp³-hybridized carbons (Fsp3) is 0.559. The monoisotopic (exact) mass is 1190 g/mol. The van der Waals surface area contributed by atoms with Crippen LogP contribution in [0.25, 0.3) is 11.1 Å². The quantitative estimate of drug-likeness (QED) is 0.0277. The molecule has 0 radical (unpaired) electrons. The fourth-order valence-corrected chi connectivity index (χ4v) is 10.8. The molecule has 5 heterocycles. The number of aliphatic hydroxyl groups excluding tert-OH is 1. The van der Waals surface area contributed by atoms with Gasteiger partial charge in [0.1, 0.15) is 29.9 Å². The van der Waals surface area contributed by atoms with Crippen molar-refractivity contribution in [1.29, 1.82) is 0 Å². The normalized spacial score (nSPS) is 20.1. The highest BCUT2D eigenvalue weighted by Crippen LogP contribution is 2.46. The molecule has 5 fully saturated rings. The molecule has 454 valence electrons. The van der Waals surface area contributed by atoms with Crippen LogP contribution < -0.4 is 15.6 Å². The number of carbonyl (C=O) groups excluding carboxylic acids is 4. The summed E-state index contributed by atoms with van der Waals surface area (Å²) in [5.74, 6) is -1.27. The van der Waals surface area contributed by atoms with Crippen LogP contribution in [0.5, 0.6) is 0 Å². The number of alkyl carbamates (subject to hydrolysis) is 1. The Kier molecular flexibility index (Phi) is 18.4. The Hall–Kier alpha value is -6.75. The summed E-state index contributed by atoms with van der Waals surface area (Å²) in [6.07, 6.45) is -8.83. The summed E-state index contributed by atoms with van der Waals surface area (Å²) < 4.78 is 148. The number of fused-ring (bicyclic) bond motifs is 2. The van der Waals surface area contributed by atoms with Crippen LogP contribution in [-0.2, 0) is 41.6 Å². The summed E-state index contributed by atoms with van der Waals surface area (Å²) in [7, 11) is 0. The molecule has 84 heavy (non-hydrogen) atoms. The molecule has 6 atom stereocenters. The molecule has 5 aliphatic rings. The molecule has 3 N–H and O–H groups in total. The number of hydrazine groups is 1. The van der Waals surface area contributed by atoms with Gasteiger partial charge in [-0.15, -0.1) is 0 Å². The van der Waals surface area contributed by atoms with Gasteiger partial charge in [0.25, 0.3) is 0 Å². The minimum atomic E-state index is -5.09. The molecule has 2 bridgehead atoms. The number of nitrogens with one attached hydrogen (secondary N) is 2. The number of rotatable bonds is 23. The number of piperazine rings is 1. The highest BCUT2D eigenvalue weighted by molar-refractivity contribution is 5.89. The van der Waals surface area contributed by atoms with E-state index in [1.54, 1.807) is 30.5 Å². The Morgan fingerprint density at radius 1 is 0.786 bits per heavy atom. The Labute approximate surface area is 479 Å². The number of aromatic nitrogens is 3. The summed E-state index contributed by atoms with van der Waals surface area (Å²) in [4.78, 5) is 64.4. The number of alkyl halides is 8. The number of carbonyl (C=O) groups is 4. The summed E-state index contributed by atoms with van der Waals surface area (Å²) in [6, 6.07) is 12.8. The third-order valence-corrected chi connectivity index (χ3v) is 16.6. The minimum Gasteiger partial charge on any atom is -0.462 e. The lowest BCUT2D eigenvalue weighted by Crippen LogP contribution is -2.62. The standard InChI is InChI=1S/C59H67F9N8O8/c1-56(2,58(63,64)65)46(24-51(79)83-44-16-17-44)53(80)72-74(27-38-13-12-37(22-47(38)60)40-26-70-75(28-40)54(61)62)31-49(78)39(23-48(77)52(57(3,4)59(66,67)68)71-55(81)84-45-18-19-45)21-35-8-5-34(6-9-35)7-10-36-11-20-50(69-25-36)73-29-41-14-15-42(30-73)76(41)43-32-82-33-43/h5-6,8-9,11-13,20,22,25-26,28,39,41-46,49,52,54,78H,14-19,21,23-24,27,29-33H2,1-4H3,(H,71,81)(H,72,80)/t39-,41?,42?,46-,49+,52-/m1/s1. The first-order chi connectivity index (χ1) is 39.6. The summed E-state index contributed by atoms with van der Waals surface area (Å²) in [5.41, 5.74) is -2.01. The van der Waals surface area contributed by atoms with Gasteiger partial charge in [-0.1, -0.05) is 50.0 Å². The molecule has 4 aromatic rings. The number of benzene rings is 2. The number of halogens is 9. The number of esters is 1. The van der Waals surface area contributed by atoms with Gasteiger partial charge in [0, 0.05) is 79.3 Å². The van der Waals surface area contributed by atoms with Crippen LogP contribution in [-0.4, -0.2) is 141 Å². The molecule has 2 saturated carbocycles. The van der Waals surface area contributed by atoms with Crippen LogP contribution >= 0.6 is 0 Å². The molecule has 16 nitrogen and oxygen atoms in total. The van der Waals surface area contributed by atoms with E-state index in [1.807, 2.05) is 12.1 Å². The second-order valence-electron chi connectivity index (χ2n) is 23.7. The fourth-order valence-electron chi connectivity index (χ4n) is 10.8. The first-order valence-corrected chi connectivity index (χ1v) is 28.0. The lowest BCUT2D eigenvalue weighted by atomic mass is 9.75. The van der Waals surface area contributed by atoms with Crippen LogP contribution in [0.2, 0.25) is 0 Å². The zero-order valence-electron chi connectivity index (χ0n) is 46.7. The Balaban J connectivity index is 0.987. The average molecular weight is 1190 g/mol. The van der Waals surface area contributed by atoms with Crippen LogP contribution in [0.1, 0.15) is 108 Å². The largest absolute Gasteiger partial charge is 0.462 e. The van der Waals surface area contributed by atoms with Gasteiger partial charge in [-0.25, -0.2) is 23.9 Å². The van der Waals surface area contributed by atoms with Crippen molar-refractivity contribution in [2.45, 2.75) is 153 Å². The number of hydrogen-bond donors (Lipinski definition) is 3. The van der Waals surface area contributed by atoms with Crippen LogP contribution in [0.15, 0.2) is 73.2 Å². The van der Waals surface area contributed by atoms with Gasteiger partial charge in [-0.3, -0.25) is 24.7 Å². The lowest BCUT2D eigenvalue weighted by molar-refractivity contribution is -0.231. The Morgan fingerprint density at radius 2 is 1.42 bits per heavy atom. The smallest absolute Gasteiger partial charge is 0.408 e. The summed E-state index contributed by atoms with van der Waals surface area (Å²) in [6.45, 7) is 1.51. The Morgan fingerprint density at radius 3 is 1.98 bits per heavy atom. The molecule has 2 aromatic carbocycles. The van der Waals surface area contributed by atoms with Gasteiger partial charge in [0.2, 0.25) is 5.91 Å². The van der Waals surface area contributed by atoms with E-state index in [1.165, 1.54) is 12.1 Å². The molecular formula is C59H67F9N8O8. The molecule has 0 spiro atoms. The van der Waals surface area contributed by atoms with Crippen molar-refractivity contribution in [3.05, 3.63) is 101 Å². The molecule has 9 rings (SSSR count). The molecule has 3 saturated heterocycles. The van der Waals surface area contributed by atoms with E-state index in [0.717, 1.165) is 68.4 Å². The average Bonchev–Trinajstić information content (AvgIpc) is 4.16. The number of hydrogen-bond acceptors (Lipinski definition) is 13. The summed E-state index contributed by atoms with van der Waals surface area (Å²) in [5, 5.41) is 18.8. The van der Waals surface area contributed by atoms with Crippen molar-refractivity contribution in [1.82, 2.24) is 35.4 Å². The highest BCUT2D eigenvalue weighted by Gasteiger charge is 2.57. The van der Waals surface area contributed by atoms with E-state index < -0.39 is 121 Å². The maximum absolute atomic E-state index is 16.2. The number of nitrogens with zero attached hydrogens (tertiary/aromatic N) is 6. The van der Waals surface area contributed by atoms with Gasteiger partial charge in [0.05, 0.1) is 54.7 Å². The van der Waals surface area contributed by atoms with Crippen molar-refractivity contribution < 1.29 is 78.0 Å². The van der Waals surface area contributed by atoms with Gasteiger partial charge in [-0.05, 0) is 106 Å². The van der Waals surface area contributed by atoms with Crippen LogP contribution in [0.3, 0.4) is 0 Å². The van der Waals surface area contributed by atoms with Crippen LogP contribution in [0.4, 0.5) is 50.1 Å². The van der Waals surface area contributed by atoms with E-state index in [-0.39, 0.29) is 23.1 Å². The predicted molar refractivity (Wildman–Crippen MR) is 286 cm³/mol. The van der Waals surface area contributed by atoms with Crippen molar-refractivity contribution in [3.8, 4) is 23.0 Å². The van der Waals surface area contributed by atoms with E-state index in [4.69, 9.17) is 19.2 Å². The molecule has 2 aromatic heterocycles. The van der Waals surface area contributed by atoms with E-state index in [2.05, 4.69) is 37.5 Å². The maximum Gasteiger partial charge on any atom is 0.408 e. The van der Waals surface area contributed by atoms with Gasteiger partial charge in [0.15, 0.2) is 5.78 Å².